The molecule has 0 spiro atoms. The molecule has 21 heavy (non-hydrogen) atoms. The van der Waals surface area contributed by atoms with E-state index in [0.29, 0.717) is 24.5 Å². The van der Waals surface area contributed by atoms with Crippen LogP contribution in [-0.2, 0) is 4.74 Å². The van der Waals surface area contributed by atoms with Crippen LogP contribution >= 0.6 is 15.9 Å². The summed E-state index contributed by atoms with van der Waals surface area (Å²) >= 11 is 3.38. The van der Waals surface area contributed by atoms with Crippen LogP contribution in [0.3, 0.4) is 0 Å². The second-order valence-corrected chi connectivity index (χ2v) is 5.23. The largest absolute Gasteiger partial charge is 0.383 e. The number of halogens is 1. The zero-order valence-electron chi connectivity index (χ0n) is 11.6. The van der Waals surface area contributed by atoms with Crippen molar-refractivity contribution in [1.82, 2.24) is 10.3 Å². The number of nitrogens with zero attached hydrogens (tertiary/aromatic N) is 1. The molecular weight excluding hydrogens is 334 g/mol. The van der Waals surface area contributed by atoms with Gasteiger partial charge in [-0.25, -0.2) is 4.98 Å². The van der Waals surface area contributed by atoms with Gasteiger partial charge in [-0.05, 0) is 36.4 Å². The molecule has 0 bridgehead atoms. The summed E-state index contributed by atoms with van der Waals surface area (Å²) in [6.07, 6.45) is 1.60. The zero-order valence-corrected chi connectivity index (χ0v) is 13.2. The van der Waals surface area contributed by atoms with Gasteiger partial charge in [0.25, 0.3) is 5.91 Å². The Morgan fingerprint density at radius 2 is 2.05 bits per heavy atom. The van der Waals surface area contributed by atoms with Crippen molar-refractivity contribution in [3.05, 3.63) is 52.6 Å². The van der Waals surface area contributed by atoms with Crippen molar-refractivity contribution >= 4 is 33.3 Å². The number of carbonyl (C=O) groups excluding carboxylic acids is 1. The lowest BCUT2D eigenvalue weighted by molar-refractivity contribution is 0.0937. The lowest BCUT2D eigenvalue weighted by atomic mass is 10.2. The van der Waals surface area contributed by atoms with Gasteiger partial charge in [0, 0.05) is 35.6 Å². The fourth-order valence-electron chi connectivity index (χ4n) is 1.69. The van der Waals surface area contributed by atoms with Gasteiger partial charge in [-0.3, -0.25) is 4.79 Å². The van der Waals surface area contributed by atoms with Crippen molar-refractivity contribution in [2.45, 2.75) is 0 Å². The molecule has 6 heteroatoms. The monoisotopic (exact) mass is 349 g/mol. The number of nitrogens with one attached hydrogen (secondary N) is 2. The Kier molecular flexibility index (Phi) is 5.71. The normalized spacial score (nSPS) is 10.2. The van der Waals surface area contributed by atoms with E-state index in [0.717, 1.165) is 10.2 Å². The number of aromatic nitrogens is 1. The smallest absolute Gasteiger partial charge is 0.251 e. The summed E-state index contributed by atoms with van der Waals surface area (Å²) in [5, 5.41) is 5.93. The van der Waals surface area contributed by atoms with E-state index in [1.54, 1.807) is 25.4 Å². The molecule has 1 heterocycles. The molecule has 2 N–H and O–H groups in total. The summed E-state index contributed by atoms with van der Waals surface area (Å²) in [7, 11) is 1.60. The van der Waals surface area contributed by atoms with Crippen LogP contribution in [0.25, 0.3) is 0 Å². The highest BCUT2D eigenvalue weighted by atomic mass is 79.9. The lowest BCUT2D eigenvalue weighted by Gasteiger charge is -2.08. The van der Waals surface area contributed by atoms with Gasteiger partial charge in [-0.1, -0.05) is 15.9 Å². The predicted octanol–water partition coefficient (Wildman–Crippen LogP) is 2.96. The fourth-order valence-corrected chi connectivity index (χ4v) is 1.95. The molecule has 0 atom stereocenters. The molecule has 2 rings (SSSR count). The quantitative estimate of drug-likeness (QED) is 0.787. The average Bonchev–Trinajstić information content (AvgIpc) is 2.50. The summed E-state index contributed by atoms with van der Waals surface area (Å²) in [6.45, 7) is 0.966. The first-order valence-corrected chi connectivity index (χ1v) is 7.24. The number of hydrogen-bond donors (Lipinski definition) is 2. The lowest BCUT2D eigenvalue weighted by Crippen LogP contribution is -2.26. The van der Waals surface area contributed by atoms with Crippen LogP contribution in [0.1, 0.15) is 10.4 Å². The molecule has 2 aromatic rings. The van der Waals surface area contributed by atoms with Crippen LogP contribution in [0, 0.1) is 0 Å². The molecule has 110 valence electrons. The maximum atomic E-state index is 11.9. The molecule has 0 aliphatic rings. The van der Waals surface area contributed by atoms with Crippen molar-refractivity contribution in [1.29, 1.82) is 0 Å². The second-order valence-electron chi connectivity index (χ2n) is 4.31. The number of pyridine rings is 1. The third-order valence-electron chi connectivity index (χ3n) is 2.73. The molecule has 0 aliphatic heterocycles. The van der Waals surface area contributed by atoms with Crippen LogP contribution in [0.2, 0.25) is 0 Å². The first-order valence-electron chi connectivity index (χ1n) is 6.45. The molecule has 0 fully saturated rings. The highest BCUT2D eigenvalue weighted by molar-refractivity contribution is 9.10. The van der Waals surface area contributed by atoms with Crippen molar-refractivity contribution in [2.75, 3.05) is 25.6 Å². The number of ether oxygens (including phenoxy) is 1. The molecular formula is C15H16BrN3O2. The number of hydrogen-bond acceptors (Lipinski definition) is 4. The fraction of sp³-hybridized carbons (Fsp3) is 0.200. The van der Waals surface area contributed by atoms with E-state index >= 15 is 0 Å². The summed E-state index contributed by atoms with van der Waals surface area (Å²) in [4.78, 5) is 16.1. The summed E-state index contributed by atoms with van der Waals surface area (Å²) < 4.78 is 5.90. The van der Waals surface area contributed by atoms with Crippen molar-refractivity contribution in [3.63, 3.8) is 0 Å². The van der Waals surface area contributed by atoms with Crippen LogP contribution in [0.15, 0.2) is 47.1 Å². The Labute approximate surface area is 131 Å². The van der Waals surface area contributed by atoms with E-state index in [2.05, 4.69) is 31.5 Å². The summed E-state index contributed by atoms with van der Waals surface area (Å²) in [6, 6.07) is 11.1. The minimum absolute atomic E-state index is 0.145. The van der Waals surface area contributed by atoms with Gasteiger partial charge in [0.2, 0.25) is 0 Å². The van der Waals surface area contributed by atoms with E-state index < -0.39 is 0 Å². The van der Waals surface area contributed by atoms with Gasteiger partial charge in [-0.15, -0.1) is 0 Å². The maximum absolute atomic E-state index is 11.9. The summed E-state index contributed by atoms with van der Waals surface area (Å²) in [5.74, 6) is 0.477. The zero-order chi connectivity index (χ0) is 15.1. The number of anilines is 2. The Balaban J connectivity index is 2.03. The second kappa shape index (κ2) is 7.75. The van der Waals surface area contributed by atoms with Crippen molar-refractivity contribution in [2.24, 2.45) is 0 Å². The standard InChI is InChI=1S/C15H16BrN3O2/c1-21-9-8-18-15(20)11-6-7-17-14(10-11)19-13-4-2-12(16)3-5-13/h2-7,10H,8-9H2,1H3,(H,17,19)(H,18,20). The Morgan fingerprint density at radius 3 is 2.76 bits per heavy atom. The van der Waals surface area contributed by atoms with Crippen LogP contribution in [0.5, 0.6) is 0 Å². The number of amides is 1. The molecule has 5 nitrogen and oxygen atoms in total. The van der Waals surface area contributed by atoms with E-state index in [1.165, 1.54) is 0 Å². The van der Waals surface area contributed by atoms with E-state index in [-0.39, 0.29) is 5.91 Å². The first-order chi connectivity index (χ1) is 10.2. The molecule has 0 aliphatic carbocycles. The molecule has 1 amide bonds. The molecule has 0 saturated carbocycles. The van der Waals surface area contributed by atoms with Gasteiger partial charge >= 0.3 is 0 Å². The van der Waals surface area contributed by atoms with Crippen LogP contribution in [-0.4, -0.2) is 31.2 Å². The topological polar surface area (TPSA) is 63.2 Å². The number of rotatable bonds is 6. The van der Waals surface area contributed by atoms with E-state index in [4.69, 9.17) is 4.74 Å². The van der Waals surface area contributed by atoms with Gasteiger partial charge < -0.3 is 15.4 Å². The minimum Gasteiger partial charge on any atom is -0.383 e. The number of benzene rings is 1. The molecule has 0 saturated heterocycles. The van der Waals surface area contributed by atoms with Crippen molar-refractivity contribution < 1.29 is 9.53 Å². The highest BCUT2D eigenvalue weighted by Crippen LogP contribution is 2.18. The van der Waals surface area contributed by atoms with E-state index in [1.807, 2.05) is 24.3 Å². The third kappa shape index (κ3) is 4.84. The highest BCUT2D eigenvalue weighted by Gasteiger charge is 2.06. The number of methoxy groups -OCH3 is 1. The van der Waals surface area contributed by atoms with Gasteiger partial charge in [0.15, 0.2) is 0 Å². The minimum atomic E-state index is -0.145. The van der Waals surface area contributed by atoms with Gasteiger partial charge in [0.1, 0.15) is 5.82 Å². The average molecular weight is 350 g/mol. The predicted molar refractivity (Wildman–Crippen MR) is 85.9 cm³/mol. The molecule has 1 aromatic heterocycles. The summed E-state index contributed by atoms with van der Waals surface area (Å²) in [5.41, 5.74) is 1.46. The molecule has 0 unspecified atom stereocenters. The van der Waals surface area contributed by atoms with Crippen LogP contribution < -0.4 is 10.6 Å². The van der Waals surface area contributed by atoms with E-state index in [9.17, 15) is 4.79 Å². The Morgan fingerprint density at radius 1 is 1.29 bits per heavy atom. The SMILES string of the molecule is COCCNC(=O)c1ccnc(Nc2ccc(Br)cc2)c1. The van der Waals surface area contributed by atoms with Crippen LogP contribution in [0.4, 0.5) is 11.5 Å². The molecule has 1 aromatic carbocycles. The van der Waals surface area contributed by atoms with Gasteiger partial charge in [-0.2, -0.15) is 0 Å². The molecule has 0 radical (unpaired) electrons. The maximum Gasteiger partial charge on any atom is 0.251 e. The Bertz CT molecular complexity index is 602. The number of carbonyl (C=O) groups is 1. The third-order valence-corrected chi connectivity index (χ3v) is 3.26. The van der Waals surface area contributed by atoms with Crippen molar-refractivity contribution in [3.8, 4) is 0 Å². The Hall–Kier alpha value is -1.92. The first kappa shape index (κ1) is 15.5. The van der Waals surface area contributed by atoms with Gasteiger partial charge in [0.05, 0.1) is 6.61 Å².